The summed E-state index contributed by atoms with van der Waals surface area (Å²) in [6.45, 7) is 4.19. The van der Waals surface area contributed by atoms with Gasteiger partial charge in [0.25, 0.3) is 0 Å². The number of ether oxygens (including phenoxy) is 1. The fraction of sp³-hybridized carbons (Fsp3) is 0.690. The van der Waals surface area contributed by atoms with Crippen LogP contribution in [0.15, 0.2) is 36.4 Å². The summed E-state index contributed by atoms with van der Waals surface area (Å²) in [5.74, 6) is 4.96. The van der Waals surface area contributed by atoms with E-state index in [2.05, 4.69) is 26.0 Å². The third-order valence-electron chi connectivity index (χ3n) is 8.77. The van der Waals surface area contributed by atoms with Crippen LogP contribution in [0.3, 0.4) is 0 Å². The van der Waals surface area contributed by atoms with E-state index in [-0.39, 0.29) is 11.9 Å². The molecule has 31 heavy (non-hydrogen) atoms. The molecule has 0 radical (unpaired) electrons. The fourth-order valence-electron chi connectivity index (χ4n) is 6.97. The van der Waals surface area contributed by atoms with E-state index >= 15 is 0 Å². The number of benzene rings is 1. The molecular weight excluding hydrogens is 380 g/mol. The second kappa shape index (κ2) is 10.8. The Hall–Kier alpha value is -1.57. The van der Waals surface area contributed by atoms with Crippen LogP contribution in [0.4, 0.5) is 0 Å². The van der Waals surface area contributed by atoms with Gasteiger partial charge in [0.2, 0.25) is 0 Å². The van der Waals surface area contributed by atoms with Gasteiger partial charge in [-0.1, -0.05) is 55.5 Å². The van der Waals surface area contributed by atoms with Crippen molar-refractivity contribution in [1.82, 2.24) is 0 Å². The number of carbonyl (C=O) groups is 1. The molecule has 1 aromatic carbocycles. The number of allylic oxidation sites excluding steroid dienone is 2. The average molecular weight is 423 g/mol. The Bertz CT molecular complexity index is 726. The first-order valence-electron chi connectivity index (χ1n) is 13.0. The van der Waals surface area contributed by atoms with Crippen LogP contribution in [0.2, 0.25) is 0 Å². The van der Waals surface area contributed by atoms with Gasteiger partial charge in [-0.2, -0.15) is 0 Å². The molecule has 0 saturated heterocycles. The van der Waals surface area contributed by atoms with E-state index in [1.165, 1.54) is 76.2 Å². The first kappa shape index (κ1) is 22.6. The molecule has 4 unspecified atom stereocenters. The van der Waals surface area contributed by atoms with Crippen LogP contribution in [-0.2, 0) is 4.79 Å². The number of rotatable bonds is 6. The van der Waals surface area contributed by atoms with Gasteiger partial charge in [-0.05, 0) is 107 Å². The lowest BCUT2D eigenvalue weighted by Crippen LogP contribution is -2.40. The number of esters is 1. The Morgan fingerprint density at radius 3 is 2.42 bits per heavy atom. The van der Waals surface area contributed by atoms with Crippen LogP contribution in [0, 0.1) is 42.4 Å². The largest absolute Gasteiger partial charge is 0.426 e. The molecule has 0 aromatic heterocycles. The van der Waals surface area contributed by atoms with Crippen molar-refractivity contribution in [3.05, 3.63) is 42.0 Å². The van der Waals surface area contributed by atoms with Gasteiger partial charge in [-0.15, -0.1) is 0 Å². The zero-order valence-corrected chi connectivity index (χ0v) is 19.7. The number of aryl methyl sites for hydroxylation is 1. The SMILES string of the molecule is C/C=C/CCC1CCC(C2CCC3C(CCCC3C(=O)Oc3ccc(C)cc3)C2)CC1. The van der Waals surface area contributed by atoms with Gasteiger partial charge in [-0.25, -0.2) is 0 Å². The van der Waals surface area contributed by atoms with E-state index in [4.69, 9.17) is 4.74 Å². The minimum atomic E-state index is 0.0265. The summed E-state index contributed by atoms with van der Waals surface area (Å²) in [6.07, 6.45) is 20.4. The Kier molecular flexibility index (Phi) is 7.91. The first-order chi connectivity index (χ1) is 15.1. The molecule has 0 heterocycles. The van der Waals surface area contributed by atoms with Crippen molar-refractivity contribution in [1.29, 1.82) is 0 Å². The smallest absolute Gasteiger partial charge is 0.314 e. The van der Waals surface area contributed by atoms with Crippen molar-refractivity contribution in [2.75, 3.05) is 0 Å². The summed E-state index contributed by atoms with van der Waals surface area (Å²) < 4.78 is 5.81. The highest BCUT2D eigenvalue weighted by Crippen LogP contribution is 2.50. The third kappa shape index (κ3) is 5.82. The normalized spacial score (nSPS) is 33.7. The number of hydrogen-bond donors (Lipinski definition) is 0. The maximum atomic E-state index is 13.0. The number of carbonyl (C=O) groups excluding carboxylic acids is 1. The van der Waals surface area contributed by atoms with Gasteiger partial charge in [0.1, 0.15) is 5.75 Å². The highest BCUT2D eigenvalue weighted by atomic mass is 16.5. The van der Waals surface area contributed by atoms with Crippen LogP contribution in [0.5, 0.6) is 5.75 Å². The van der Waals surface area contributed by atoms with E-state index in [0.717, 1.165) is 30.1 Å². The molecule has 3 fully saturated rings. The summed E-state index contributed by atoms with van der Waals surface area (Å²) in [5, 5.41) is 0. The van der Waals surface area contributed by atoms with Gasteiger partial charge in [0.15, 0.2) is 0 Å². The minimum Gasteiger partial charge on any atom is -0.426 e. The summed E-state index contributed by atoms with van der Waals surface area (Å²) >= 11 is 0. The fourth-order valence-corrected chi connectivity index (χ4v) is 6.97. The summed E-state index contributed by atoms with van der Waals surface area (Å²) in [4.78, 5) is 13.0. The summed E-state index contributed by atoms with van der Waals surface area (Å²) in [6, 6.07) is 7.90. The first-order valence-corrected chi connectivity index (χ1v) is 13.0. The lowest BCUT2D eigenvalue weighted by atomic mass is 9.59. The third-order valence-corrected chi connectivity index (χ3v) is 8.77. The number of hydrogen-bond acceptors (Lipinski definition) is 2. The highest BCUT2D eigenvalue weighted by molar-refractivity contribution is 5.75. The molecule has 3 saturated carbocycles. The molecule has 4 atom stereocenters. The molecule has 170 valence electrons. The topological polar surface area (TPSA) is 26.3 Å². The van der Waals surface area contributed by atoms with Crippen molar-refractivity contribution >= 4 is 5.97 Å². The molecule has 2 heteroatoms. The monoisotopic (exact) mass is 422 g/mol. The molecule has 0 N–H and O–H groups in total. The van der Waals surface area contributed by atoms with E-state index in [1.54, 1.807) is 0 Å². The van der Waals surface area contributed by atoms with E-state index in [0.29, 0.717) is 11.7 Å². The van der Waals surface area contributed by atoms with Gasteiger partial charge < -0.3 is 4.74 Å². The van der Waals surface area contributed by atoms with Crippen LogP contribution >= 0.6 is 0 Å². The second-order valence-corrected chi connectivity index (χ2v) is 10.7. The molecule has 3 aliphatic carbocycles. The van der Waals surface area contributed by atoms with E-state index in [9.17, 15) is 4.79 Å². The lowest BCUT2D eigenvalue weighted by molar-refractivity contribution is -0.144. The molecule has 1 aromatic rings. The van der Waals surface area contributed by atoms with E-state index < -0.39 is 0 Å². The number of fused-ring (bicyclic) bond motifs is 1. The van der Waals surface area contributed by atoms with Crippen molar-refractivity contribution in [3.63, 3.8) is 0 Å². The average Bonchev–Trinajstić information content (AvgIpc) is 2.80. The molecule has 0 aliphatic heterocycles. The van der Waals surface area contributed by atoms with Gasteiger partial charge in [0.05, 0.1) is 5.92 Å². The Morgan fingerprint density at radius 1 is 0.935 bits per heavy atom. The lowest BCUT2D eigenvalue weighted by Gasteiger charge is -2.46. The zero-order chi connectivity index (χ0) is 21.6. The predicted octanol–water partition coefficient (Wildman–Crippen LogP) is 7.90. The van der Waals surface area contributed by atoms with Gasteiger partial charge in [-0.3, -0.25) is 4.79 Å². The van der Waals surface area contributed by atoms with Crippen molar-refractivity contribution < 1.29 is 9.53 Å². The molecule has 3 aliphatic rings. The second-order valence-electron chi connectivity index (χ2n) is 10.7. The Morgan fingerprint density at radius 2 is 1.68 bits per heavy atom. The van der Waals surface area contributed by atoms with Crippen LogP contribution in [0.25, 0.3) is 0 Å². The highest BCUT2D eigenvalue weighted by Gasteiger charge is 2.43. The van der Waals surface area contributed by atoms with E-state index in [1.807, 2.05) is 24.3 Å². The summed E-state index contributed by atoms with van der Waals surface area (Å²) in [7, 11) is 0. The van der Waals surface area contributed by atoms with Crippen LogP contribution in [-0.4, -0.2) is 5.97 Å². The molecule has 0 spiro atoms. The molecule has 0 bridgehead atoms. The zero-order valence-electron chi connectivity index (χ0n) is 19.7. The molecule has 4 rings (SSSR count). The van der Waals surface area contributed by atoms with Crippen molar-refractivity contribution in [3.8, 4) is 5.75 Å². The quantitative estimate of drug-likeness (QED) is 0.264. The van der Waals surface area contributed by atoms with Gasteiger partial charge in [0, 0.05) is 0 Å². The molecule has 2 nitrogen and oxygen atoms in total. The van der Waals surface area contributed by atoms with Crippen molar-refractivity contribution in [2.45, 2.75) is 90.9 Å². The maximum absolute atomic E-state index is 13.0. The predicted molar refractivity (Wildman–Crippen MR) is 128 cm³/mol. The summed E-state index contributed by atoms with van der Waals surface area (Å²) in [5.41, 5.74) is 1.20. The Labute approximate surface area is 189 Å². The minimum absolute atomic E-state index is 0.0265. The van der Waals surface area contributed by atoms with Crippen molar-refractivity contribution in [2.24, 2.45) is 35.5 Å². The standard InChI is InChI=1S/C29H42O2/c1-3-4-5-7-22-12-14-23(15-13-22)24-16-19-27-25(20-24)8-6-9-28(27)29(30)31-26-17-10-21(2)11-18-26/h3-4,10-11,17-18,22-25,27-28H,5-9,12-16,19-20H2,1-2H3/b4-3+. The van der Waals surface area contributed by atoms with Crippen LogP contribution < -0.4 is 4.74 Å². The maximum Gasteiger partial charge on any atom is 0.314 e. The van der Waals surface area contributed by atoms with Gasteiger partial charge >= 0.3 is 5.97 Å². The Balaban J connectivity index is 1.28. The van der Waals surface area contributed by atoms with Crippen LogP contribution in [0.1, 0.15) is 89.5 Å². The molecular formula is C29H42O2. The molecule has 0 amide bonds.